The van der Waals surface area contributed by atoms with Crippen LogP contribution in [0.1, 0.15) is 52.9 Å². The molecule has 78 valence electrons. The molecule has 1 aliphatic rings. The molecule has 0 aliphatic heterocycles. The van der Waals surface area contributed by atoms with Crippen LogP contribution in [0.4, 0.5) is 0 Å². The van der Waals surface area contributed by atoms with Crippen LogP contribution >= 0.6 is 0 Å². The van der Waals surface area contributed by atoms with E-state index < -0.39 is 0 Å². The van der Waals surface area contributed by atoms with Gasteiger partial charge in [0.2, 0.25) is 0 Å². The second kappa shape index (κ2) is 4.45. The standard InChI is InChI=1S/C12H24O/c1-4-10(6-8-13)9-11-5-7-12(11,2)3/h10-11,13H,4-9H2,1-3H3/t10-,11+/m1/s1. The summed E-state index contributed by atoms with van der Waals surface area (Å²) in [5, 5.41) is 8.90. The van der Waals surface area contributed by atoms with Gasteiger partial charge in [0.15, 0.2) is 0 Å². The molecule has 2 atom stereocenters. The Bertz CT molecular complexity index is 151. The lowest BCUT2D eigenvalue weighted by molar-refractivity contribution is 0.0449. The van der Waals surface area contributed by atoms with Gasteiger partial charge in [-0.1, -0.05) is 27.2 Å². The van der Waals surface area contributed by atoms with Gasteiger partial charge in [-0.25, -0.2) is 0 Å². The Kier molecular flexibility index (Phi) is 3.78. The molecule has 13 heavy (non-hydrogen) atoms. The molecule has 1 heteroatoms. The molecule has 0 radical (unpaired) electrons. The summed E-state index contributed by atoms with van der Waals surface area (Å²) < 4.78 is 0. The predicted octanol–water partition coefficient (Wildman–Crippen LogP) is 3.22. The fraction of sp³-hybridized carbons (Fsp3) is 1.00. The van der Waals surface area contributed by atoms with Crippen molar-refractivity contribution in [2.24, 2.45) is 17.3 Å². The monoisotopic (exact) mass is 184 g/mol. The smallest absolute Gasteiger partial charge is 0.0433 e. The Balaban J connectivity index is 2.29. The van der Waals surface area contributed by atoms with Gasteiger partial charge in [-0.05, 0) is 42.9 Å². The van der Waals surface area contributed by atoms with Gasteiger partial charge in [-0.3, -0.25) is 0 Å². The van der Waals surface area contributed by atoms with Crippen LogP contribution in [0.25, 0.3) is 0 Å². The van der Waals surface area contributed by atoms with Crippen LogP contribution in [0, 0.1) is 17.3 Å². The molecule has 0 spiro atoms. The Morgan fingerprint density at radius 3 is 2.46 bits per heavy atom. The van der Waals surface area contributed by atoms with E-state index in [0.29, 0.717) is 12.0 Å². The summed E-state index contributed by atoms with van der Waals surface area (Å²) in [5.74, 6) is 1.68. The molecule has 0 aromatic rings. The lowest BCUT2D eigenvalue weighted by atomic mass is 9.59. The van der Waals surface area contributed by atoms with Gasteiger partial charge >= 0.3 is 0 Å². The average molecular weight is 184 g/mol. The van der Waals surface area contributed by atoms with Crippen LogP contribution in [-0.4, -0.2) is 11.7 Å². The van der Waals surface area contributed by atoms with Crippen molar-refractivity contribution in [1.29, 1.82) is 0 Å². The zero-order chi connectivity index (χ0) is 9.90. The fourth-order valence-electron chi connectivity index (χ4n) is 2.44. The van der Waals surface area contributed by atoms with E-state index in [9.17, 15) is 0 Å². The van der Waals surface area contributed by atoms with E-state index in [-0.39, 0.29) is 0 Å². The number of hydrogen-bond donors (Lipinski definition) is 1. The van der Waals surface area contributed by atoms with Gasteiger partial charge in [-0.15, -0.1) is 0 Å². The molecule has 1 fully saturated rings. The van der Waals surface area contributed by atoms with E-state index in [1.807, 2.05) is 0 Å². The number of rotatable bonds is 5. The third-order valence-corrected chi connectivity index (χ3v) is 3.97. The zero-order valence-corrected chi connectivity index (χ0v) is 9.34. The highest BCUT2D eigenvalue weighted by Gasteiger charge is 2.38. The van der Waals surface area contributed by atoms with Crippen LogP contribution in [0.2, 0.25) is 0 Å². The lowest BCUT2D eigenvalue weighted by Crippen LogP contribution is -2.35. The number of aliphatic hydroxyl groups is 1. The van der Waals surface area contributed by atoms with E-state index in [2.05, 4.69) is 20.8 Å². The first-order chi connectivity index (χ1) is 6.10. The molecule has 1 aliphatic carbocycles. The summed E-state index contributed by atoms with van der Waals surface area (Å²) in [5.41, 5.74) is 0.586. The molecule has 0 saturated heterocycles. The van der Waals surface area contributed by atoms with E-state index in [1.165, 1.54) is 25.7 Å². The Morgan fingerprint density at radius 1 is 1.46 bits per heavy atom. The first-order valence-corrected chi connectivity index (χ1v) is 5.71. The summed E-state index contributed by atoms with van der Waals surface area (Å²) in [7, 11) is 0. The van der Waals surface area contributed by atoms with E-state index in [1.54, 1.807) is 0 Å². The maximum Gasteiger partial charge on any atom is 0.0433 e. The normalized spacial score (nSPS) is 28.2. The van der Waals surface area contributed by atoms with Gasteiger partial charge in [-0.2, -0.15) is 0 Å². The second-order valence-electron chi connectivity index (χ2n) is 5.25. The van der Waals surface area contributed by atoms with E-state index >= 15 is 0 Å². The fourth-order valence-corrected chi connectivity index (χ4v) is 2.44. The summed E-state index contributed by atoms with van der Waals surface area (Å²) in [6, 6.07) is 0. The summed E-state index contributed by atoms with van der Waals surface area (Å²) in [6.45, 7) is 7.37. The Hall–Kier alpha value is -0.0400. The van der Waals surface area contributed by atoms with Crippen molar-refractivity contribution in [3.8, 4) is 0 Å². The molecule has 0 heterocycles. The summed E-state index contributed by atoms with van der Waals surface area (Å²) >= 11 is 0. The van der Waals surface area contributed by atoms with Crippen LogP contribution in [0.3, 0.4) is 0 Å². The van der Waals surface area contributed by atoms with E-state index in [0.717, 1.165) is 18.3 Å². The maximum atomic E-state index is 8.90. The van der Waals surface area contributed by atoms with Crippen LogP contribution < -0.4 is 0 Å². The van der Waals surface area contributed by atoms with Gasteiger partial charge in [0.1, 0.15) is 0 Å². The predicted molar refractivity (Wildman–Crippen MR) is 56.6 cm³/mol. The lowest BCUT2D eigenvalue weighted by Gasteiger charge is -2.46. The summed E-state index contributed by atoms with van der Waals surface area (Å²) in [4.78, 5) is 0. The molecule has 0 unspecified atom stereocenters. The third-order valence-electron chi connectivity index (χ3n) is 3.97. The molecular weight excluding hydrogens is 160 g/mol. The van der Waals surface area contributed by atoms with Crippen molar-refractivity contribution in [2.45, 2.75) is 52.9 Å². The first-order valence-electron chi connectivity index (χ1n) is 5.71. The second-order valence-corrected chi connectivity index (χ2v) is 5.25. The number of aliphatic hydroxyl groups excluding tert-OH is 1. The Morgan fingerprint density at radius 2 is 2.15 bits per heavy atom. The van der Waals surface area contributed by atoms with Crippen molar-refractivity contribution in [2.75, 3.05) is 6.61 Å². The number of hydrogen-bond acceptors (Lipinski definition) is 1. The highest BCUT2D eigenvalue weighted by molar-refractivity contribution is 4.89. The average Bonchev–Trinajstić information content (AvgIpc) is 2.10. The van der Waals surface area contributed by atoms with Crippen LogP contribution in [0.5, 0.6) is 0 Å². The highest BCUT2D eigenvalue weighted by atomic mass is 16.3. The molecule has 0 aromatic carbocycles. The molecule has 0 amide bonds. The van der Waals surface area contributed by atoms with Crippen LogP contribution in [-0.2, 0) is 0 Å². The first kappa shape index (κ1) is 11.0. The topological polar surface area (TPSA) is 20.2 Å². The quantitative estimate of drug-likeness (QED) is 0.695. The minimum atomic E-state index is 0.367. The molecule has 1 N–H and O–H groups in total. The summed E-state index contributed by atoms with van der Waals surface area (Å²) in [6.07, 6.45) is 6.38. The molecule has 0 aromatic heterocycles. The van der Waals surface area contributed by atoms with Gasteiger partial charge in [0.05, 0.1) is 0 Å². The van der Waals surface area contributed by atoms with Crippen molar-refractivity contribution in [3.63, 3.8) is 0 Å². The van der Waals surface area contributed by atoms with Crippen molar-refractivity contribution < 1.29 is 5.11 Å². The minimum Gasteiger partial charge on any atom is -0.396 e. The molecule has 1 rings (SSSR count). The Labute approximate surface area is 82.5 Å². The zero-order valence-electron chi connectivity index (χ0n) is 9.34. The third kappa shape index (κ3) is 2.70. The van der Waals surface area contributed by atoms with Crippen molar-refractivity contribution in [1.82, 2.24) is 0 Å². The van der Waals surface area contributed by atoms with E-state index in [4.69, 9.17) is 5.11 Å². The van der Waals surface area contributed by atoms with Gasteiger partial charge < -0.3 is 5.11 Å². The SMILES string of the molecule is CC[C@H](CCO)C[C@@H]1CCC1(C)C. The molecule has 1 saturated carbocycles. The molecule has 1 nitrogen and oxygen atoms in total. The minimum absolute atomic E-state index is 0.367. The molecular formula is C12H24O. The van der Waals surface area contributed by atoms with Crippen LogP contribution in [0.15, 0.2) is 0 Å². The van der Waals surface area contributed by atoms with Crippen molar-refractivity contribution in [3.05, 3.63) is 0 Å². The maximum absolute atomic E-state index is 8.90. The highest BCUT2D eigenvalue weighted by Crippen LogP contribution is 2.49. The largest absolute Gasteiger partial charge is 0.396 e. The van der Waals surface area contributed by atoms with Gasteiger partial charge in [0.25, 0.3) is 0 Å². The molecule has 0 bridgehead atoms. The van der Waals surface area contributed by atoms with Crippen molar-refractivity contribution >= 4 is 0 Å². The van der Waals surface area contributed by atoms with Gasteiger partial charge in [0, 0.05) is 6.61 Å².